The molecule has 0 saturated heterocycles. The third-order valence-corrected chi connectivity index (χ3v) is 8.59. The summed E-state index contributed by atoms with van der Waals surface area (Å²) in [6.07, 6.45) is 2.27. The van der Waals surface area contributed by atoms with Gasteiger partial charge in [0, 0.05) is 20.8 Å². The van der Waals surface area contributed by atoms with E-state index in [4.69, 9.17) is 29.4 Å². The zero-order valence-electron chi connectivity index (χ0n) is 35.4. The predicted octanol–water partition coefficient (Wildman–Crippen LogP) is 5.47. The normalized spacial score (nSPS) is 12.6. The second-order valence-corrected chi connectivity index (χ2v) is 15.3. The molecule has 0 unspecified atom stereocenters. The summed E-state index contributed by atoms with van der Waals surface area (Å²) in [5.41, 5.74) is 2.53. The lowest BCUT2D eigenvalue weighted by Gasteiger charge is -2.26. The first-order valence-electron chi connectivity index (χ1n) is 19.1. The van der Waals surface area contributed by atoms with Gasteiger partial charge in [-0.05, 0) is 118 Å². The Morgan fingerprint density at radius 1 is 0.627 bits per heavy atom. The van der Waals surface area contributed by atoms with Crippen LogP contribution in [0.1, 0.15) is 87.0 Å². The number of para-hydroxylation sites is 2. The number of halogens is 4. The van der Waals surface area contributed by atoms with Crippen molar-refractivity contribution in [1.29, 1.82) is 0 Å². The van der Waals surface area contributed by atoms with Crippen molar-refractivity contribution in [2.45, 2.75) is 116 Å². The Labute approximate surface area is 343 Å². The van der Waals surface area contributed by atoms with Crippen molar-refractivity contribution in [2.75, 3.05) is 40.5 Å². The molecule has 18 heteroatoms. The van der Waals surface area contributed by atoms with Crippen LogP contribution in [0.5, 0.6) is 11.5 Å². The molecule has 332 valence electrons. The van der Waals surface area contributed by atoms with Crippen LogP contribution in [0.25, 0.3) is 0 Å². The maximum atomic E-state index is 13.8. The average molecular weight is 845 g/mol. The van der Waals surface area contributed by atoms with Gasteiger partial charge >= 0.3 is 6.09 Å². The Morgan fingerprint density at radius 2 is 1.00 bits per heavy atom. The molecule has 0 fully saturated rings. The van der Waals surface area contributed by atoms with E-state index >= 15 is 0 Å². The maximum Gasteiger partial charge on any atom is 0.407 e. The van der Waals surface area contributed by atoms with Crippen LogP contribution in [0.3, 0.4) is 0 Å². The van der Waals surface area contributed by atoms with E-state index in [1.165, 1.54) is 26.4 Å². The zero-order valence-corrected chi connectivity index (χ0v) is 35.4. The van der Waals surface area contributed by atoms with Gasteiger partial charge in [-0.25, -0.2) is 22.4 Å². The largest absolute Gasteiger partial charge is 0.480 e. The minimum absolute atomic E-state index is 0.226. The lowest BCUT2D eigenvalue weighted by molar-refractivity contribution is -0.142. The molecule has 0 saturated carbocycles. The van der Waals surface area contributed by atoms with Crippen LogP contribution >= 0.6 is 0 Å². The van der Waals surface area contributed by atoms with Crippen LogP contribution in [-0.2, 0) is 33.4 Å². The summed E-state index contributed by atoms with van der Waals surface area (Å²) in [6.45, 7) is 11.0. The quantitative estimate of drug-likeness (QED) is 0.0819. The van der Waals surface area contributed by atoms with E-state index < -0.39 is 106 Å². The summed E-state index contributed by atoms with van der Waals surface area (Å²) < 4.78 is 80.1. The average Bonchev–Trinajstić information content (AvgIpc) is 3.15. The van der Waals surface area contributed by atoms with Gasteiger partial charge in [0.2, 0.25) is 0 Å². The van der Waals surface area contributed by atoms with E-state index in [1.807, 2.05) is 0 Å². The first-order chi connectivity index (χ1) is 27.5. The van der Waals surface area contributed by atoms with Crippen LogP contribution in [0.15, 0.2) is 36.4 Å². The fraction of sp³-hybridized carbons (Fsp3) is 0.585. The number of amides is 3. The third kappa shape index (κ3) is 19.2. The molecule has 0 aliphatic carbocycles. The molecule has 0 aliphatic heterocycles. The fourth-order valence-corrected chi connectivity index (χ4v) is 4.68. The maximum absolute atomic E-state index is 13.8. The van der Waals surface area contributed by atoms with Crippen LogP contribution in [-0.4, -0.2) is 98.9 Å². The molecule has 0 radical (unpaired) electrons. The monoisotopic (exact) mass is 844 g/mol. The van der Waals surface area contributed by atoms with Crippen LogP contribution in [0, 0.1) is 23.3 Å². The molecule has 0 bridgehead atoms. The Hall–Kier alpha value is -4.81. The molecule has 14 nitrogen and oxygen atoms in total. The SMILES string of the molecule is COC(C)(C)C(=O)N[C@@H](CCCCN)C(=O)COc1c(F)cccc1F.COC(C)(C)C(=O)N[C@@H](CCCCNC(=O)OC(C)(C)C)C(=O)COc1c(F)cccc1F. The molecule has 0 spiro atoms. The Balaban J connectivity index is 0.000000607. The van der Waals surface area contributed by atoms with Gasteiger partial charge in [0.15, 0.2) is 46.3 Å². The van der Waals surface area contributed by atoms with E-state index in [0.717, 1.165) is 24.3 Å². The van der Waals surface area contributed by atoms with E-state index in [-0.39, 0.29) is 6.42 Å². The second-order valence-electron chi connectivity index (χ2n) is 15.3. The van der Waals surface area contributed by atoms with E-state index in [1.54, 1.807) is 48.5 Å². The molecule has 0 aliphatic rings. The van der Waals surface area contributed by atoms with E-state index in [0.29, 0.717) is 45.2 Å². The van der Waals surface area contributed by atoms with Crippen molar-refractivity contribution in [1.82, 2.24) is 16.0 Å². The van der Waals surface area contributed by atoms with Gasteiger partial charge < -0.3 is 45.4 Å². The van der Waals surface area contributed by atoms with Gasteiger partial charge in [-0.1, -0.05) is 12.1 Å². The van der Waals surface area contributed by atoms with Gasteiger partial charge in [0.05, 0.1) is 12.1 Å². The highest BCUT2D eigenvalue weighted by atomic mass is 19.1. The van der Waals surface area contributed by atoms with Gasteiger partial charge in [0.25, 0.3) is 11.8 Å². The molecule has 59 heavy (non-hydrogen) atoms. The van der Waals surface area contributed by atoms with Gasteiger partial charge in [-0.3, -0.25) is 19.2 Å². The zero-order chi connectivity index (χ0) is 45.0. The molecule has 2 aromatic rings. The highest BCUT2D eigenvalue weighted by Crippen LogP contribution is 2.22. The molecular formula is C41H60F4N4O10. The molecule has 0 heterocycles. The lowest BCUT2D eigenvalue weighted by atomic mass is 10.0. The molecular weight excluding hydrogens is 784 g/mol. The highest BCUT2D eigenvalue weighted by Gasteiger charge is 2.33. The van der Waals surface area contributed by atoms with Gasteiger partial charge in [-0.15, -0.1) is 0 Å². The van der Waals surface area contributed by atoms with Crippen LogP contribution in [0.2, 0.25) is 0 Å². The first-order valence-corrected chi connectivity index (χ1v) is 19.1. The number of benzene rings is 2. The topological polar surface area (TPSA) is 194 Å². The number of hydrogen-bond acceptors (Lipinski definition) is 11. The number of methoxy groups -OCH3 is 2. The predicted molar refractivity (Wildman–Crippen MR) is 211 cm³/mol. The molecule has 5 N–H and O–H groups in total. The van der Waals surface area contributed by atoms with E-state index in [2.05, 4.69) is 16.0 Å². The fourth-order valence-electron chi connectivity index (χ4n) is 4.68. The third-order valence-electron chi connectivity index (χ3n) is 8.59. The summed E-state index contributed by atoms with van der Waals surface area (Å²) >= 11 is 0. The highest BCUT2D eigenvalue weighted by molar-refractivity contribution is 5.93. The van der Waals surface area contributed by atoms with Gasteiger partial charge in [-0.2, -0.15) is 0 Å². The molecule has 2 rings (SSSR count). The number of ketones is 2. The number of carbonyl (C=O) groups is 5. The number of alkyl carbamates (subject to hydrolysis) is 1. The van der Waals surface area contributed by atoms with Crippen molar-refractivity contribution in [3.05, 3.63) is 59.7 Å². The number of nitrogens with one attached hydrogen (secondary N) is 3. The number of unbranched alkanes of at least 4 members (excludes halogenated alkanes) is 2. The number of carbonyl (C=O) groups excluding carboxylic acids is 5. The standard InChI is InChI=1S/C23H34F2N2O6.C18H26F2N2O4/c1-22(2,3)33-21(30)26-13-8-7-12-17(27-20(29)23(4,5)31-6)18(28)14-32-19-15(24)10-9-11-16(19)25;1-18(2,25-3)17(24)22-14(9-4-5-10-21)15(23)11-26-16-12(19)7-6-8-13(16)20/h9-11,17H,7-8,12-14H2,1-6H3,(H,26,30)(H,27,29);6-8,14H,4-5,9-11,21H2,1-3H3,(H,22,24)/t17-;14-/m00/s1. The molecule has 3 amide bonds. The number of rotatable bonds is 23. The Bertz CT molecular complexity index is 1650. The second kappa shape index (κ2) is 25.0. The number of hydrogen-bond donors (Lipinski definition) is 4. The minimum atomic E-state index is -1.19. The Morgan fingerprint density at radius 3 is 1.34 bits per heavy atom. The summed E-state index contributed by atoms with van der Waals surface area (Å²) in [7, 11) is 2.75. The molecule has 0 aromatic heterocycles. The number of ether oxygens (including phenoxy) is 5. The minimum Gasteiger partial charge on any atom is -0.480 e. The number of Topliss-reactive ketones (excluding diaryl/α,β-unsaturated/α-hetero) is 2. The van der Waals surface area contributed by atoms with Gasteiger partial charge in [0.1, 0.15) is 30.0 Å². The summed E-state index contributed by atoms with van der Waals surface area (Å²) in [5.74, 6) is -6.99. The van der Waals surface area contributed by atoms with Crippen LogP contribution in [0.4, 0.5) is 22.4 Å². The Kier molecular flexibility index (Phi) is 22.1. The summed E-state index contributed by atoms with van der Waals surface area (Å²) in [6, 6.07) is 4.64. The lowest BCUT2D eigenvalue weighted by Crippen LogP contribution is -2.51. The summed E-state index contributed by atoms with van der Waals surface area (Å²) in [5, 5.41) is 7.84. The van der Waals surface area contributed by atoms with Crippen molar-refractivity contribution in [3.8, 4) is 11.5 Å². The van der Waals surface area contributed by atoms with E-state index in [9.17, 15) is 41.5 Å². The number of nitrogens with two attached hydrogens (primary N) is 1. The van der Waals surface area contributed by atoms with Crippen molar-refractivity contribution in [2.24, 2.45) is 5.73 Å². The summed E-state index contributed by atoms with van der Waals surface area (Å²) in [4.78, 5) is 61.6. The first kappa shape index (κ1) is 52.2. The van der Waals surface area contributed by atoms with Crippen molar-refractivity contribution >= 4 is 29.5 Å². The molecule has 2 aromatic carbocycles. The van der Waals surface area contributed by atoms with Crippen molar-refractivity contribution < 1.29 is 65.2 Å². The molecule has 2 atom stereocenters. The van der Waals surface area contributed by atoms with Crippen molar-refractivity contribution in [3.63, 3.8) is 0 Å². The van der Waals surface area contributed by atoms with Crippen LogP contribution < -0.4 is 31.2 Å². The smallest absolute Gasteiger partial charge is 0.407 e.